The minimum Gasteiger partial charge on any atom is -0.493 e. The van der Waals surface area contributed by atoms with Gasteiger partial charge in [0.1, 0.15) is 10.6 Å². The predicted molar refractivity (Wildman–Crippen MR) is 117 cm³/mol. The van der Waals surface area contributed by atoms with E-state index in [9.17, 15) is 4.79 Å². The van der Waals surface area contributed by atoms with Crippen LogP contribution in [0.5, 0.6) is 5.75 Å². The van der Waals surface area contributed by atoms with E-state index in [2.05, 4.69) is 4.98 Å². The average molecular weight is 430 g/mol. The molecule has 2 aromatic heterocycles. The van der Waals surface area contributed by atoms with Crippen molar-refractivity contribution in [1.82, 2.24) is 9.66 Å². The van der Waals surface area contributed by atoms with E-state index < -0.39 is 0 Å². The van der Waals surface area contributed by atoms with Gasteiger partial charge in [-0.3, -0.25) is 4.79 Å². The molecule has 0 radical (unpaired) electrons. The van der Waals surface area contributed by atoms with Gasteiger partial charge in [0.2, 0.25) is 0 Å². The van der Waals surface area contributed by atoms with E-state index in [1.807, 2.05) is 47.8 Å². The summed E-state index contributed by atoms with van der Waals surface area (Å²) in [7, 11) is 0. The highest BCUT2D eigenvalue weighted by molar-refractivity contribution is 7.99. The molecule has 0 spiro atoms. The van der Waals surface area contributed by atoms with Gasteiger partial charge in [0.15, 0.2) is 5.16 Å². The van der Waals surface area contributed by atoms with Crippen molar-refractivity contribution in [1.29, 1.82) is 0 Å². The molecule has 0 atom stereocenters. The number of benzene rings is 2. The molecule has 0 aliphatic rings. The van der Waals surface area contributed by atoms with Gasteiger partial charge < -0.3 is 10.6 Å². The number of halogens is 1. The zero-order valence-corrected chi connectivity index (χ0v) is 17.1. The molecule has 0 saturated carbocycles. The molecule has 0 bridgehead atoms. The van der Waals surface area contributed by atoms with Crippen LogP contribution in [0.3, 0.4) is 0 Å². The summed E-state index contributed by atoms with van der Waals surface area (Å²) >= 11 is 8.69. The Hall–Kier alpha value is -2.48. The summed E-state index contributed by atoms with van der Waals surface area (Å²) in [6, 6.07) is 16.9. The molecule has 2 heterocycles. The molecule has 5 nitrogen and oxygen atoms in total. The first-order chi connectivity index (χ1) is 13.6. The molecule has 0 amide bonds. The molecular formula is C20H16ClN3O2S2. The number of hydrogen-bond acceptors (Lipinski definition) is 6. The first-order valence-corrected chi connectivity index (χ1v) is 10.7. The van der Waals surface area contributed by atoms with Crippen LogP contribution in [0.1, 0.15) is 0 Å². The second-order valence-corrected chi connectivity index (χ2v) is 8.27. The number of thioether (sulfide) groups is 1. The Morgan fingerprint density at radius 1 is 1.14 bits per heavy atom. The van der Waals surface area contributed by atoms with Gasteiger partial charge in [-0.25, -0.2) is 9.66 Å². The largest absolute Gasteiger partial charge is 0.493 e. The van der Waals surface area contributed by atoms with E-state index >= 15 is 0 Å². The van der Waals surface area contributed by atoms with Gasteiger partial charge in [0, 0.05) is 21.7 Å². The number of ether oxygens (including phenoxy) is 1. The predicted octanol–water partition coefficient (Wildman–Crippen LogP) is 4.66. The van der Waals surface area contributed by atoms with Crippen molar-refractivity contribution >= 4 is 44.9 Å². The molecule has 0 unspecified atom stereocenters. The fourth-order valence-corrected chi connectivity index (χ4v) is 4.59. The Morgan fingerprint density at radius 2 is 1.89 bits per heavy atom. The Kier molecular flexibility index (Phi) is 5.57. The van der Waals surface area contributed by atoms with Crippen molar-refractivity contribution < 1.29 is 4.74 Å². The van der Waals surface area contributed by atoms with Crippen LogP contribution in [0.25, 0.3) is 21.3 Å². The van der Waals surface area contributed by atoms with Crippen LogP contribution in [-0.2, 0) is 0 Å². The van der Waals surface area contributed by atoms with E-state index in [4.69, 9.17) is 22.2 Å². The lowest BCUT2D eigenvalue weighted by atomic mass is 10.1. The average Bonchev–Trinajstić information content (AvgIpc) is 3.15. The summed E-state index contributed by atoms with van der Waals surface area (Å²) in [5.41, 5.74) is 1.59. The van der Waals surface area contributed by atoms with Crippen LogP contribution >= 0.6 is 34.7 Å². The number of thiophene rings is 1. The number of aromatic nitrogens is 2. The standard InChI is InChI=1S/C20H16ClN3O2S2/c21-14-6-8-15(9-7-14)26-10-11-27-20-23-18-17(19(25)24(20)22)16(12-28-18)13-4-2-1-3-5-13/h1-9,12H,10-11,22H2. The second-order valence-electron chi connectivity index (χ2n) is 5.92. The third kappa shape index (κ3) is 3.87. The minimum atomic E-state index is -0.244. The fourth-order valence-electron chi connectivity index (χ4n) is 2.74. The van der Waals surface area contributed by atoms with Crippen LogP contribution in [0, 0.1) is 0 Å². The van der Waals surface area contributed by atoms with Crippen molar-refractivity contribution in [2.45, 2.75) is 5.16 Å². The SMILES string of the molecule is Nn1c(SCCOc2ccc(Cl)cc2)nc2scc(-c3ccccc3)c2c1=O. The van der Waals surface area contributed by atoms with E-state index in [-0.39, 0.29) is 5.56 Å². The number of nitrogens with two attached hydrogens (primary N) is 1. The summed E-state index contributed by atoms with van der Waals surface area (Å²) in [5.74, 6) is 7.38. The molecular weight excluding hydrogens is 414 g/mol. The maximum absolute atomic E-state index is 12.8. The molecule has 142 valence electrons. The molecule has 8 heteroatoms. The first kappa shape index (κ1) is 18.9. The van der Waals surface area contributed by atoms with Gasteiger partial charge in [0.05, 0.1) is 12.0 Å². The second kappa shape index (κ2) is 8.26. The molecule has 4 rings (SSSR count). The van der Waals surface area contributed by atoms with Crippen LogP contribution in [0.4, 0.5) is 0 Å². The summed E-state index contributed by atoms with van der Waals surface area (Å²) < 4.78 is 6.79. The van der Waals surface area contributed by atoms with E-state index in [0.717, 1.165) is 21.6 Å². The van der Waals surface area contributed by atoms with Gasteiger partial charge in [-0.15, -0.1) is 11.3 Å². The lowest BCUT2D eigenvalue weighted by Gasteiger charge is -2.09. The van der Waals surface area contributed by atoms with Crippen LogP contribution < -0.4 is 16.1 Å². The normalized spacial score (nSPS) is 11.0. The highest BCUT2D eigenvalue weighted by Gasteiger charge is 2.16. The zero-order chi connectivity index (χ0) is 19.5. The Bertz CT molecular complexity index is 1160. The van der Waals surface area contributed by atoms with Gasteiger partial charge in [-0.2, -0.15) is 0 Å². The van der Waals surface area contributed by atoms with Gasteiger partial charge >= 0.3 is 0 Å². The van der Waals surface area contributed by atoms with E-state index in [1.165, 1.54) is 23.1 Å². The molecule has 0 saturated heterocycles. The smallest absolute Gasteiger partial charge is 0.282 e. The van der Waals surface area contributed by atoms with Crippen LogP contribution in [0.2, 0.25) is 5.02 Å². The number of nitrogens with zero attached hydrogens (tertiary/aromatic N) is 2. The van der Waals surface area contributed by atoms with Crippen molar-refractivity contribution in [2.24, 2.45) is 0 Å². The number of fused-ring (bicyclic) bond motifs is 1. The van der Waals surface area contributed by atoms with Crippen molar-refractivity contribution in [3.05, 3.63) is 75.4 Å². The van der Waals surface area contributed by atoms with Crippen LogP contribution in [-0.4, -0.2) is 22.0 Å². The highest BCUT2D eigenvalue weighted by Crippen LogP contribution is 2.31. The summed E-state index contributed by atoms with van der Waals surface area (Å²) in [6.45, 7) is 0.458. The highest BCUT2D eigenvalue weighted by atomic mass is 35.5. The maximum atomic E-state index is 12.8. The summed E-state index contributed by atoms with van der Waals surface area (Å²) in [4.78, 5) is 18.1. The van der Waals surface area contributed by atoms with Crippen molar-refractivity contribution in [2.75, 3.05) is 18.2 Å². The topological polar surface area (TPSA) is 70.1 Å². The molecule has 0 fully saturated rings. The summed E-state index contributed by atoms with van der Waals surface area (Å²) in [5, 5.41) is 3.64. The van der Waals surface area contributed by atoms with Gasteiger partial charge in [-0.05, 0) is 29.8 Å². The molecule has 4 aromatic rings. The lowest BCUT2D eigenvalue weighted by Crippen LogP contribution is -2.29. The molecule has 0 aliphatic heterocycles. The zero-order valence-electron chi connectivity index (χ0n) is 14.7. The lowest BCUT2D eigenvalue weighted by molar-refractivity contribution is 0.344. The van der Waals surface area contributed by atoms with Gasteiger partial charge in [0.25, 0.3) is 5.56 Å². The summed E-state index contributed by atoms with van der Waals surface area (Å²) in [6.07, 6.45) is 0. The van der Waals surface area contributed by atoms with Crippen LogP contribution in [0.15, 0.2) is 69.9 Å². The van der Waals surface area contributed by atoms with Crippen molar-refractivity contribution in [3.8, 4) is 16.9 Å². The van der Waals surface area contributed by atoms with Crippen molar-refractivity contribution in [3.63, 3.8) is 0 Å². The Morgan fingerprint density at radius 3 is 2.64 bits per heavy atom. The monoisotopic (exact) mass is 429 g/mol. The maximum Gasteiger partial charge on any atom is 0.282 e. The Labute approximate surface area is 174 Å². The number of nitrogen functional groups attached to an aromatic ring is 1. The fraction of sp³-hybridized carbons (Fsp3) is 0.100. The third-order valence-electron chi connectivity index (χ3n) is 4.09. The molecule has 0 aliphatic carbocycles. The number of hydrogen-bond donors (Lipinski definition) is 1. The van der Waals surface area contributed by atoms with Gasteiger partial charge in [-0.1, -0.05) is 53.7 Å². The third-order valence-corrected chi connectivity index (χ3v) is 6.13. The molecule has 2 N–H and O–H groups in total. The number of rotatable bonds is 6. The van der Waals surface area contributed by atoms with E-state index in [1.54, 1.807) is 12.1 Å². The molecule has 2 aromatic carbocycles. The quantitative estimate of drug-likeness (QED) is 0.209. The first-order valence-electron chi connectivity index (χ1n) is 8.49. The van der Waals surface area contributed by atoms with E-state index in [0.29, 0.717) is 32.8 Å². The molecule has 28 heavy (non-hydrogen) atoms. The minimum absolute atomic E-state index is 0.244. The Balaban J connectivity index is 1.51.